The van der Waals surface area contributed by atoms with E-state index in [-0.39, 0.29) is 18.2 Å². The van der Waals surface area contributed by atoms with E-state index >= 15 is 0 Å². The molecule has 1 fully saturated rings. The van der Waals surface area contributed by atoms with Crippen molar-refractivity contribution in [3.05, 3.63) is 100 Å². The maximum Gasteiger partial charge on any atom is 0.261 e. The maximum atomic E-state index is 13.6. The number of nitrogens with zero attached hydrogens (tertiary/aromatic N) is 4. The Bertz CT molecular complexity index is 1630. The van der Waals surface area contributed by atoms with Crippen molar-refractivity contribution in [2.75, 3.05) is 13.2 Å². The zero-order valence-corrected chi connectivity index (χ0v) is 20.0. The van der Waals surface area contributed by atoms with Crippen LogP contribution in [-0.2, 0) is 11.2 Å². The zero-order chi connectivity index (χ0) is 24.6. The third-order valence-corrected chi connectivity index (χ3v) is 6.94. The molecule has 1 saturated heterocycles. The van der Waals surface area contributed by atoms with Gasteiger partial charge < -0.3 is 9.84 Å². The molecule has 7 nitrogen and oxygen atoms in total. The lowest BCUT2D eigenvalue weighted by Crippen LogP contribution is -2.39. The quantitative estimate of drug-likeness (QED) is 0.389. The highest BCUT2D eigenvalue weighted by molar-refractivity contribution is 6.06. The molecular weight excluding hydrogens is 452 g/mol. The molecule has 180 valence electrons. The normalized spacial score (nSPS) is 18.1. The van der Waals surface area contributed by atoms with Crippen LogP contribution < -0.4 is 5.56 Å². The van der Waals surface area contributed by atoms with Crippen molar-refractivity contribution in [2.45, 2.75) is 31.9 Å². The number of aliphatic hydroxyl groups excluding tert-OH is 1. The SMILES string of the molecule is Cc1cc(-c2ccc(Cc3cc4c(=O)n([C@H]5CCOC[C@@H]5O)cnc4c4ccccc34)cn2)ccn1. The topological polar surface area (TPSA) is 90.1 Å². The highest BCUT2D eigenvalue weighted by Crippen LogP contribution is 2.29. The number of aromatic nitrogens is 4. The van der Waals surface area contributed by atoms with Crippen molar-refractivity contribution < 1.29 is 9.84 Å². The maximum absolute atomic E-state index is 13.6. The van der Waals surface area contributed by atoms with Gasteiger partial charge in [0.05, 0.1) is 41.7 Å². The van der Waals surface area contributed by atoms with Crippen LogP contribution in [0.4, 0.5) is 0 Å². The molecule has 2 atom stereocenters. The van der Waals surface area contributed by atoms with E-state index in [1.807, 2.05) is 55.6 Å². The molecule has 1 aliphatic heterocycles. The first-order chi connectivity index (χ1) is 17.6. The summed E-state index contributed by atoms with van der Waals surface area (Å²) in [6.45, 7) is 2.70. The van der Waals surface area contributed by atoms with Crippen LogP contribution in [-0.4, -0.2) is 43.9 Å². The third kappa shape index (κ3) is 4.06. The summed E-state index contributed by atoms with van der Waals surface area (Å²) in [6, 6.07) is 17.7. The monoisotopic (exact) mass is 478 g/mol. The van der Waals surface area contributed by atoms with Gasteiger partial charge in [-0.1, -0.05) is 30.3 Å². The minimum Gasteiger partial charge on any atom is -0.389 e. The molecule has 0 unspecified atom stereocenters. The lowest BCUT2D eigenvalue weighted by atomic mass is 9.96. The largest absolute Gasteiger partial charge is 0.389 e. The molecule has 4 heterocycles. The molecule has 1 N–H and O–H groups in total. The molecule has 2 aromatic carbocycles. The van der Waals surface area contributed by atoms with Crippen LogP contribution in [0.1, 0.15) is 29.3 Å². The van der Waals surface area contributed by atoms with Gasteiger partial charge in [0.1, 0.15) is 0 Å². The van der Waals surface area contributed by atoms with Gasteiger partial charge in [-0.15, -0.1) is 0 Å². The minimum absolute atomic E-state index is 0.139. The Morgan fingerprint density at radius 2 is 1.89 bits per heavy atom. The van der Waals surface area contributed by atoms with Gasteiger partial charge in [0.25, 0.3) is 5.56 Å². The van der Waals surface area contributed by atoms with E-state index in [0.717, 1.165) is 38.9 Å². The van der Waals surface area contributed by atoms with Gasteiger partial charge in [-0.2, -0.15) is 0 Å². The summed E-state index contributed by atoms with van der Waals surface area (Å²) in [5, 5.41) is 13.0. The van der Waals surface area contributed by atoms with Crippen molar-refractivity contribution in [1.82, 2.24) is 19.5 Å². The molecule has 1 aliphatic rings. The number of hydrogen-bond acceptors (Lipinski definition) is 6. The predicted octanol–water partition coefficient (Wildman–Crippen LogP) is 4.23. The molecule has 0 spiro atoms. The molecule has 36 heavy (non-hydrogen) atoms. The smallest absolute Gasteiger partial charge is 0.261 e. The van der Waals surface area contributed by atoms with Gasteiger partial charge in [-0.25, -0.2) is 4.98 Å². The summed E-state index contributed by atoms with van der Waals surface area (Å²) < 4.78 is 6.92. The highest BCUT2D eigenvalue weighted by atomic mass is 16.5. The summed E-state index contributed by atoms with van der Waals surface area (Å²) in [4.78, 5) is 27.2. The van der Waals surface area contributed by atoms with E-state index in [1.54, 1.807) is 17.1 Å². The van der Waals surface area contributed by atoms with Gasteiger partial charge in [0, 0.05) is 35.6 Å². The van der Waals surface area contributed by atoms with E-state index in [2.05, 4.69) is 27.1 Å². The number of aryl methyl sites for hydroxylation is 1. The fraction of sp³-hybridized carbons (Fsp3) is 0.241. The fourth-order valence-electron chi connectivity index (χ4n) is 5.09. The minimum atomic E-state index is -0.732. The fourth-order valence-corrected chi connectivity index (χ4v) is 5.09. The molecular formula is C29H26N4O3. The second-order valence-corrected chi connectivity index (χ2v) is 9.35. The lowest BCUT2D eigenvalue weighted by Gasteiger charge is -2.29. The van der Waals surface area contributed by atoms with Gasteiger partial charge in [-0.3, -0.25) is 19.3 Å². The molecule has 6 rings (SSSR count). The molecule has 0 bridgehead atoms. The van der Waals surface area contributed by atoms with E-state index in [4.69, 9.17) is 4.74 Å². The molecule has 3 aromatic heterocycles. The van der Waals surface area contributed by atoms with Crippen LogP contribution in [0, 0.1) is 6.92 Å². The average molecular weight is 479 g/mol. The van der Waals surface area contributed by atoms with Crippen LogP contribution >= 0.6 is 0 Å². The molecule has 0 saturated carbocycles. The predicted molar refractivity (Wildman–Crippen MR) is 139 cm³/mol. The first-order valence-electron chi connectivity index (χ1n) is 12.1. The summed E-state index contributed by atoms with van der Waals surface area (Å²) in [6.07, 6.45) is 5.73. The summed E-state index contributed by atoms with van der Waals surface area (Å²) in [5.41, 5.74) is 5.52. The lowest BCUT2D eigenvalue weighted by molar-refractivity contribution is -0.0395. The number of ether oxygens (including phenoxy) is 1. The summed E-state index contributed by atoms with van der Waals surface area (Å²) in [5.74, 6) is 0. The standard InChI is InChI=1S/C29H26N4O3/c1-18-12-20(8-10-30-18)25-7-6-19(15-31-25)13-21-14-24-28(23-5-3-2-4-22(21)23)32-17-33(29(24)35)26-9-11-36-16-27(26)34/h2-8,10,12,14-15,17,26-27,34H,9,11,13,16H2,1H3/t26-,27-/m0/s1. The van der Waals surface area contributed by atoms with Gasteiger partial charge in [0.15, 0.2) is 0 Å². The van der Waals surface area contributed by atoms with Crippen molar-refractivity contribution in [2.24, 2.45) is 0 Å². The molecule has 5 aromatic rings. The summed E-state index contributed by atoms with van der Waals surface area (Å²) in [7, 11) is 0. The third-order valence-electron chi connectivity index (χ3n) is 6.94. The van der Waals surface area contributed by atoms with Crippen molar-refractivity contribution in [1.29, 1.82) is 0 Å². The summed E-state index contributed by atoms with van der Waals surface area (Å²) >= 11 is 0. The van der Waals surface area contributed by atoms with E-state index in [0.29, 0.717) is 30.4 Å². The first-order valence-corrected chi connectivity index (χ1v) is 12.1. The molecule has 0 amide bonds. The Balaban J connectivity index is 1.42. The second-order valence-electron chi connectivity index (χ2n) is 9.35. The van der Waals surface area contributed by atoms with E-state index in [9.17, 15) is 9.90 Å². The second kappa shape index (κ2) is 9.26. The van der Waals surface area contributed by atoms with Crippen LogP contribution in [0.3, 0.4) is 0 Å². The number of aliphatic hydroxyl groups is 1. The Labute approximate surface area is 208 Å². The molecule has 7 heteroatoms. The Morgan fingerprint density at radius 3 is 2.67 bits per heavy atom. The number of hydrogen-bond donors (Lipinski definition) is 1. The Hall–Kier alpha value is -3.94. The highest BCUT2D eigenvalue weighted by Gasteiger charge is 2.27. The Morgan fingerprint density at radius 1 is 1.03 bits per heavy atom. The number of benzene rings is 2. The van der Waals surface area contributed by atoms with Crippen molar-refractivity contribution in [3.63, 3.8) is 0 Å². The van der Waals surface area contributed by atoms with Crippen molar-refractivity contribution >= 4 is 21.7 Å². The van der Waals surface area contributed by atoms with Gasteiger partial charge in [0.2, 0.25) is 0 Å². The number of rotatable bonds is 4. The van der Waals surface area contributed by atoms with Gasteiger partial charge >= 0.3 is 0 Å². The van der Waals surface area contributed by atoms with E-state index < -0.39 is 6.10 Å². The van der Waals surface area contributed by atoms with Crippen LogP contribution in [0.15, 0.2) is 78.1 Å². The van der Waals surface area contributed by atoms with Crippen LogP contribution in [0.5, 0.6) is 0 Å². The van der Waals surface area contributed by atoms with Gasteiger partial charge in [-0.05, 0) is 60.5 Å². The van der Waals surface area contributed by atoms with Crippen LogP contribution in [0.2, 0.25) is 0 Å². The molecule has 0 aliphatic carbocycles. The number of fused-ring (bicyclic) bond motifs is 3. The van der Waals surface area contributed by atoms with E-state index in [1.165, 1.54) is 0 Å². The first kappa shape index (κ1) is 22.5. The number of pyridine rings is 2. The van der Waals surface area contributed by atoms with Crippen LogP contribution in [0.25, 0.3) is 32.9 Å². The molecule has 0 radical (unpaired) electrons. The van der Waals surface area contributed by atoms with Crippen molar-refractivity contribution in [3.8, 4) is 11.3 Å². The average Bonchev–Trinajstić information content (AvgIpc) is 2.90. The zero-order valence-electron chi connectivity index (χ0n) is 20.0. The Kier molecular flexibility index (Phi) is 5.79.